The van der Waals surface area contributed by atoms with Crippen molar-refractivity contribution >= 4 is 16.0 Å². The van der Waals surface area contributed by atoms with Crippen molar-refractivity contribution in [1.29, 1.82) is 5.26 Å². The van der Waals surface area contributed by atoms with E-state index in [2.05, 4.69) is 9.72 Å². The zero-order valence-corrected chi connectivity index (χ0v) is 10.7. The summed E-state index contributed by atoms with van der Waals surface area (Å²) in [5, 5.41) is 17.4. The van der Waals surface area contributed by atoms with E-state index >= 15 is 0 Å². The number of aromatic nitrogens is 1. The third-order valence-corrected chi connectivity index (χ3v) is 3.55. The fourth-order valence-electron chi connectivity index (χ4n) is 1.18. The van der Waals surface area contributed by atoms with Gasteiger partial charge in [-0.2, -0.15) is 9.98 Å². The van der Waals surface area contributed by atoms with Crippen molar-refractivity contribution in [2.45, 2.75) is 10.9 Å². The van der Waals surface area contributed by atoms with Gasteiger partial charge in [0.25, 0.3) is 0 Å². The molecule has 0 amide bonds. The second-order valence-electron chi connectivity index (χ2n) is 3.46. The Kier molecular flexibility index (Phi) is 4.94. The molecule has 1 aromatic heterocycles. The second-order valence-corrected chi connectivity index (χ2v) is 5.17. The summed E-state index contributed by atoms with van der Waals surface area (Å²) in [6.07, 6.45) is 0.979. The summed E-state index contributed by atoms with van der Waals surface area (Å²) in [4.78, 5) is 14.2. The van der Waals surface area contributed by atoms with Crippen molar-refractivity contribution in [3.63, 3.8) is 0 Å². The van der Waals surface area contributed by atoms with Crippen LogP contribution >= 0.6 is 0 Å². The van der Waals surface area contributed by atoms with Crippen molar-refractivity contribution in [3.05, 3.63) is 24.0 Å². The Morgan fingerprint density at radius 2 is 2.32 bits per heavy atom. The van der Waals surface area contributed by atoms with Gasteiger partial charge in [-0.25, -0.2) is 13.4 Å². The smallest absolute Gasteiger partial charge is 0.324 e. The molecule has 0 radical (unpaired) electrons. The minimum atomic E-state index is -4.03. The molecule has 9 heteroatoms. The zero-order valence-electron chi connectivity index (χ0n) is 9.90. The van der Waals surface area contributed by atoms with Gasteiger partial charge in [-0.3, -0.25) is 4.79 Å². The predicted octanol–water partition coefficient (Wildman–Crippen LogP) is -0.669. The van der Waals surface area contributed by atoms with E-state index in [0.29, 0.717) is 0 Å². The maximum Gasteiger partial charge on any atom is 0.324 e. The second kappa shape index (κ2) is 6.24. The monoisotopic (exact) mass is 285 g/mol. The van der Waals surface area contributed by atoms with E-state index in [9.17, 15) is 13.2 Å². The third-order valence-electron chi connectivity index (χ3n) is 2.09. The van der Waals surface area contributed by atoms with Gasteiger partial charge in [0.2, 0.25) is 10.0 Å². The minimum Gasteiger partial charge on any atom is -0.480 e. The summed E-state index contributed by atoms with van der Waals surface area (Å²) < 4.78 is 30.3. The van der Waals surface area contributed by atoms with Gasteiger partial charge in [-0.05, 0) is 12.1 Å². The maximum absolute atomic E-state index is 11.9. The van der Waals surface area contributed by atoms with E-state index in [1.165, 1.54) is 19.2 Å². The summed E-state index contributed by atoms with van der Waals surface area (Å²) >= 11 is 0. The maximum atomic E-state index is 11.9. The Balaban J connectivity index is 2.96. The number of rotatable bonds is 6. The highest BCUT2D eigenvalue weighted by molar-refractivity contribution is 7.89. The van der Waals surface area contributed by atoms with Gasteiger partial charge in [0, 0.05) is 13.3 Å². The van der Waals surface area contributed by atoms with Gasteiger partial charge in [0.05, 0.1) is 6.61 Å². The average molecular weight is 285 g/mol. The zero-order chi connectivity index (χ0) is 14.5. The van der Waals surface area contributed by atoms with Crippen LogP contribution in [0.1, 0.15) is 5.69 Å². The molecule has 1 rings (SSSR count). The molecule has 102 valence electrons. The van der Waals surface area contributed by atoms with Crippen molar-refractivity contribution in [3.8, 4) is 6.07 Å². The molecule has 1 atom stereocenters. The van der Waals surface area contributed by atoms with Crippen molar-refractivity contribution in [2.75, 3.05) is 13.7 Å². The van der Waals surface area contributed by atoms with Crippen LogP contribution in [-0.2, 0) is 19.6 Å². The largest absolute Gasteiger partial charge is 0.480 e. The number of hydrogen-bond acceptors (Lipinski definition) is 6. The third kappa shape index (κ3) is 3.99. The van der Waals surface area contributed by atoms with Crippen LogP contribution in [0.25, 0.3) is 0 Å². The molecule has 0 aliphatic heterocycles. The molecule has 1 heterocycles. The minimum absolute atomic E-state index is 0.0608. The standard InChI is InChI=1S/C10H11N3O5S/c1-18-6-9(10(14)15)13-19(16,17)8-3-2-7(4-11)12-5-8/h2-3,5,9,13H,6H2,1H3,(H,14,15). The number of pyridine rings is 1. The highest BCUT2D eigenvalue weighted by Gasteiger charge is 2.25. The molecule has 0 spiro atoms. The van der Waals surface area contributed by atoms with Gasteiger partial charge in [0.1, 0.15) is 22.7 Å². The number of carboxylic acid groups (broad SMARTS) is 1. The predicted molar refractivity (Wildman–Crippen MR) is 62.6 cm³/mol. The molecule has 0 fully saturated rings. The Labute approximate surface area is 109 Å². The molecule has 8 nitrogen and oxygen atoms in total. The first-order valence-electron chi connectivity index (χ1n) is 5.01. The van der Waals surface area contributed by atoms with E-state index in [1.807, 2.05) is 4.72 Å². The fourth-order valence-corrected chi connectivity index (χ4v) is 2.30. The Morgan fingerprint density at radius 1 is 1.63 bits per heavy atom. The molecule has 1 unspecified atom stereocenters. The van der Waals surface area contributed by atoms with Crippen LogP contribution in [0.4, 0.5) is 0 Å². The lowest BCUT2D eigenvalue weighted by molar-refractivity contribution is -0.140. The van der Waals surface area contributed by atoms with Gasteiger partial charge >= 0.3 is 5.97 Å². The Bertz CT molecular complexity index is 591. The summed E-state index contributed by atoms with van der Waals surface area (Å²) in [5.41, 5.74) is 0.0608. The lowest BCUT2D eigenvalue weighted by Gasteiger charge is -2.13. The van der Waals surface area contributed by atoms with E-state index in [-0.39, 0.29) is 17.2 Å². The number of hydrogen-bond donors (Lipinski definition) is 2. The number of ether oxygens (including phenoxy) is 1. The van der Waals surface area contributed by atoms with Crippen molar-refractivity contribution < 1.29 is 23.1 Å². The first kappa shape index (κ1) is 15.0. The molecule has 2 N–H and O–H groups in total. The molecular formula is C10H11N3O5S. The van der Waals surface area contributed by atoms with Gasteiger partial charge < -0.3 is 9.84 Å². The van der Waals surface area contributed by atoms with E-state index < -0.39 is 22.0 Å². The normalized spacial score (nSPS) is 12.6. The number of carbonyl (C=O) groups is 1. The van der Waals surface area contributed by atoms with Crippen LogP contribution in [0.3, 0.4) is 0 Å². The number of nitriles is 1. The van der Waals surface area contributed by atoms with E-state index in [0.717, 1.165) is 6.20 Å². The lowest BCUT2D eigenvalue weighted by Crippen LogP contribution is -2.43. The van der Waals surface area contributed by atoms with Crippen LogP contribution in [0, 0.1) is 11.3 Å². The van der Waals surface area contributed by atoms with Crippen LogP contribution in [0.5, 0.6) is 0 Å². The number of nitrogens with one attached hydrogen (secondary N) is 1. The molecule has 0 saturated carbocycles. The van der Waals surface area contributed by atoms with Crippen molar-refractivity contribution in [2.24, 2.45) is 0 Å². The number of nitrogens with zero attached hydrogens (tertiary/aromatic N) is 2. The molecular weight excluding hydrogens is 274 g/mol. The summed E-state index contributed by atoms with van der Waals surface area (Å²) in [6.45, 7) is -0.307. The molecule has 0 saturated heterocycles. The van der Waals surface area contributed by atoms with Gasteiger partial charge in [-0.15, -0.1) is 0 Å². The summed E-state index contributed by atoms with van der Waals surface area (Å²) in [5.74, 6) is -1.35. The summed E-state index contributed by atoms with van der Waals surface area (Å²) in [7, 11) is -2.78. The SMILES string of the molecule is COCC(NS(=O)(=O)c1ccc(C#N)nc1)C(=O)O. The molecule has 0 aliphatic rings. The van der Waals surface area contributed by atoms with Crippen LogP contribution in [0.15, 0.2) is 23.2 Å². The summed E-state index contributed by atoms with van der Waals surface area (Å²) in [6, 6.07) is 2.74. The highest BCUT2D eigenvalue weighted by Crippen LogP contribution is 2.08. The first-order chi connectivity index (χ1) is 8.90. The quantitative estimate of drug-likeness (QED) is 0.709. The Hall–Kier alpha value is -2.02. The van der Waals surface area contributed by atoms with Crippen LogP contribution in [-0.4, -0.2) is 44.2 Å². The van der Waals surface area contributed by atoms with E-state index in [4.69, 9.17) is 10.4 Å². The number of sulfonamides is 1. The van der Waals surface area contributed by atoms with Crippen molar-refractivity contribution in [1.82, 2.24) is 9.71 Å². The molecule has 0 aromatic carbocycles. The Morgan fingerprint density at radius 3 is 2.74 bits per heavy atom. The van der Waals surface area contributed by atoms with Crippen LogP contribution < -0.4 is 4.72 Å². The molecule has 0 aliphatic carbocycles. The topological polar surface area (TPSA) is 129 Å². The van der Waals surface area contributed by atoms with Crippen LogP contribution in [0.2, 0.25) is 0 Å². The lowest BCUT2D eigenvalue weighted by atomic mass is 10.3. The highest BCUT2D eigenvalue weighted by atomic mass is 32.2. The first-order valence-corrected chi connectivity index (χ1v) is 6.49. The number of aliphatic carboxylic acids is 1. The van der Waals surface area contributed by atoms with Gasteiger partial charge in [-0.1, -0.05) is 0 Å². The number of carboxylic acids is 1. The molecule has 0 bridgehead atoms. The average Bonchev–Trinajstić information content (AvgIpc) is 2.38. The van der Waals surface area contributed by atoms with Gasteiger partial charge in [0.15, 0.2) is 0 Å². The molecule has 19 heavy (non-hydrogen) atoms. The fraction of sp³-hybridized carbons (Fsp3) is 0.300. The van der Waals surface area contributed by atoms with E-state index in [1.54, 1.807) is 6.07 Å². The molecule has 1 aromatic rings. The number of methoxy groups -OCH3 is 1.